The molecular weight excluding hydrogens is 470 g/mol. The Bertz CT molecular complexity index is 1400. The Labute approximate surface area is 205 Å². The normalized spacial score (nSPS) is 10.8. The number of aliphatic carboxylic acids is 1. The highest BCUT2D eigenvalue weighted by Crippen LogP contribution is 2.39. The number of ether oxygens (including phenoxy) is 1. The lowest BCUT2D eigenvalue weighted by atomic mass is 10.0. The largest absolute Gasteiger partial charge is 0.481 e. The van der Waals surface area contributed by atoms with Gasteiger partial charge in [-0.25, -0.2) is 18.5 Å². The number of carboxylic acids is 1. The quantitative estimate of drug-likeness (QED) is 0.316. The third-order valence-electron chi connectivity index (χ3n) is 5.48. The highest BCUT2D eigenvalue weighted by atomic mass is 19.2. The molecule has 0 unspecified atom stereocenters. The molecule has 4 aromatic rings. The summed E-state index contributed by atoms with van der Waals surface area (Å²) in [5, 5.41) is 13.0. The van der Waals surface area contributed by atoms with Gasteiger partial charge in [0.05, 0.1) is 18.7 Å². The van der Waals surface area contributed by atoms with E-state index in [2.05, 4.69) is 5.16 Å². The molecule has 7 nitrogen and oxygen atoms in total. The highest BCUT2D eigenvalue weighted by Gasteiger charge is 2.31. The van der Waals surface area contributed by atoms with E-state index >= 15 is 0 Å². The van der Waals surface area contributed by atoms with Crippen molar-refractivity contribution in [3.63, 3.8) is 0 Å². The van der Waals surface area contributed by atoms with Crippen LogP contribution in [0.15, 0.2) is 71.3 Å². The smallest absolute Gasteiger partial charge is 0.419 e. The second-order valence-electron chi connectivity index (χ2n) is 7.89. The van der Waals surface area contributed by atoms with Crippen LogP contribution in [0.3, 0.4) is 0 Å². The fourth-order valence-electron chi connectivity index (χ4n) is 3.79. The van der Waals surface area contributed by atoms with Crippen LogP contribution >= 0.6 is 0 Å². The van der Waals surface area contributed by atoms with E-state index in [-0.39, 0.29) is 35.9 Å². The first-order valence-electron chi connectivity index (χ1n) is 11.1. The predicted octanol–water partition coefficient (Wildman–Crippen LogP) is 6.52. The van der Waals surface area contributed by atoms with Gasteiger partial charge in [-0.15, -0.1) is 0 Å². The molecule has 1 N–H and O–H groups in total. The zero-order valence-electron chi connectivity index (χ0n) is 19.5. The molecule has 0 atom stereocenters. The van der Waals surface area contributed by atoms with Gasteiger partial charge in [0, 0.05) is 5.56 Å². The van der Waals surface area contributed by atoms with Crippen molar-refractivity contribution in [3.05, 3.63) is 89.7 Å². The van der Waals surface area contributed by atoms with Crippen molar-refractivity contribution in [2.75, 3.05) is 11.5 Å². The lowest BCUT2D eigenvalue weighted by Gasteiger charge is -2.22. The first kappa shape index (κ1) is 24.6. The minimum absolute atomic E-state index is 0.0197. The van der Waals surface area contributed by atoms with Gasteiger partial charge in [-0.3, -0.25) is 4.79 Å². The van der Waals surface area contributed by atoms with E-state index in [9.17, 15) is 18.4 Å². The van der Waals surface area contributed by atoms with E-state index in [4.69, 9.17) is 14.4 Å². The number of carbonyl (C=O) groups is 2. The fraction of sp³-hybridized carbons (Fsp3) is 0.148. The monoisotopic (exact) mass is 492 g/mol. The van der Waals surface area contributed by atoms with Gasteiger partial charge in [0.1, 0.15) is 11.4 Å². The minimum Gasteiger partial charge on any atom is -0.481 e. The number of anilines is 2. The lowest BCUT2D eigenvalue weighted by Crippen LogP contribution is -2.28. The molecule has 1 amide bonds. The maximum atomic E-state index is 14.7. The van der Waals surface area contributed by atoms with E-state index in [1.807, 2.05) is 24.3 Å². The zero-order chi connectivity index (χ0) is 25.8. The number of carboxylic acid groups (broad SMARTS) is 1. The molecule has 1 heterocycles. The molecule has 0 aliphatic rings. The molecule has 0 bridgehead atoms. The lowest BCUT2D eigenvalue weighted by molar-refractivity contribution is -0.136. The number of benzene rings is 3. The Kier molecular flexibility index (Phi) is 7.10. The average molecular weight is 492 g/mol. The van der Waals surface area contributed by atoms with Crippen molar-refractivity contribution in [2.24, 2.45) is 0 Å². The molecular formula is C27H22F2N2O5. The molecule has 36 heavy (non-hydrogen) atoms. The van der Waals surface area contributed by atoms with Gasteiger partial charge < -0.3 is 14.4 Å². The first-order chi connectivity index (χ1) is 17.3. The molecule has 9 heteroatoms. The second-order valence-corrected chi connectivity index (χ2v) is 7.89. The summed E-state index contributed by atoms with van der Waals surface area (Å²) in [7, 11) is 0. The van der Waals surface area contributed by atoms with Crippen LogP contribution < -0.4 is 4.90 Å². The Morgan fingerprint density at radius 3 is 2.19 bits per heavy atom. The molecule has 0 fully saturated rings. The highest BCUT2D eigenvalue weighted by molar-refractivity contribution is 6.00. The number of amides is 1. The van der Waals surface area contributed by atoms with Crippen LogP contribution in [0.1, 0.15) is 18.2 Å². The van der Waals surface area contributed by atoms with Crippen LogP contribution in [0.25, 0.3) is 22.4 Å². The van der Waals surface area contributed by atoms with E-state index in [1.165, 1.54) is 12.1 Å². The first-order valence-corrected chi connectivity index (χ1v) is 11.1. The number of rotatable bonds is 7. The van der Waals surface area contributed by atoms with Crippen molar-refractivity contribution < 1.29 is 32.7 Å². The summed E-state index contributed by atoms with van der Waals surface area (Å²) in [4.78, 5) is 24.7. The van der Waals surface area contributed by atoms with Crippen LogP contribution in [-0.2, 0) is 16.0 Å². The minimum atomic E-state index is -1.21. The second kappa shape index (κ2) is 10.4. The number of aryl methyl sites for hydroxylation is 1. The van der Waals surface area contributed by atoms with Crippen molar-refractivity contribution in [1.29, 1.82) is 0 Å². The summed E-state index contributed by atoms with van der Waals surface area (Å²) in [5.41, 5.74) is 3.03. The number of nitrogens with zero attached hydrogens (tertiary/aromatic N) is 2. The van der Waals surface area contributed by atoms with Crippen LogP contribution in [0.2, 0.25) is 0 Å². The van der Waals surface area contributed by atoms with Gasteiger partial charge in [-0.2, -0.15) is 0 Å². The molecule has 0 saturated carbocycles. The predicted molar refractivity (Wildman–Crippen MR) is 129 cm³/mol. The molecule has 1 aromatic heterocycles. The summed E-state index contributed by atoms with van der Waals surface area (Å²) in [6.07, 6.45) is -0.969. The number of hydrogen-bond acceptors (Lipinski definition) is 5. The molecule has 0 spiro atoms. The Morgan fingerprint density at radius 1 is 0.972 bits per heavy atom. The standard InChI is InChI=1S/C27H22F2N2O5/c1-3-35-27(34)31(22-6-4-5-21(28)24(22)29)26-16(2)36-30-25(26)20-13-11-19(12-14-20)18-9-7-17(8-10-18)15-23(32)33/h4-14H,3,15H2,1-2H3,(H,32,33). The topological polar surface area (TPSA) is 92.9 Å². The van der Waals surface area contributed by atoms with Gasteiger partial charge in [-0.05, 0) is 42.7 Å². The van der Waals surface area contributed by atoms with Gasteiger partial charge in [-0.1, -0.05) is 59.8 Å². The Hall–Kier alpha value is -4.53. The molecule has 4 rings (SSSR count). The molecule has 0 radical (unpaired) electrons. The average Bonchev–Trinajstić information content (AvgIpc) is 3.23. The van der Waals surface area contributed by atoms with Crippen molar-refractivity contribution >= 4 is 23.4 Å². The number of carbonyl (C=O) groups excluding carboxylic acids is 1. The van der Waals surface area contributed by atoms with Gasteiger partial charge in [0.15, 0.2) is 17.4 Å². The molecule has 0 aliphatic carbocycles. The summed E-state index contributed by atoms with van der Waals surface area (Å²) < 4.78 is 39.2. The Balaban J connectivity index is 1.73. The molecule has 184 valence electrons. The zero-order valence-corrected chi connectivity index (χ0v) is 19.5. The number of hydrogen-bond donors (Lipinski definition) is 1. The van der Waals surface area contributed by atoms with Crippen LogP contribution in [0, 0.1) is 18.6 Å². The third kappa shape index (κ3) is 4.95. The van der Waals surface area contributed by atoms with Crippen LogP contribution in [0.4, 0.5) is 25.0 Å². The number of halogens is 2. The van der Waals surface area contributed by atoms with E-state index in [1.54, 1.807) is 38.1 Å². The van der Waals surface area contributed by atoms with Crippen LogP contribution in [0.5, 0.6) is 0 Å². The van der Waals surface area contributed by atoms with Gasteiger partial charge in [0.2, 0.25) is 0 Å². The van der Waals surface area contributed by atoms with Gasteiger partial charge >= 0.3 is 12.1 Å². The summed E-state index contributed by atoms with van der Waals surface area (Å²) in [6, 6.07) is 17.8. The summed E-state index contributed by atoms with van der Waals surface area (Å²) in [6.45, 7) is 3.18. The molecule has 0 aliphatic heterocycles. The maximum Gasteiger partial charge on any atom is 0.419 e. The summed E-state index contributed by atoms with van der Waals surface area (Å²) >= 11 is 0. The van der Waals surface area contributed by atoms with E-state index in [0.29, 0.717) is 11.1 Å². The fourth-order valence-corrected chi connectivity index (χ4v) is 3.79. The maximum absolute atomic E-state index is 14.7. The van der Waals surface area contributed by atoms with Crippen molar-refractivity contribution in [3.8, 4) is 22.4 Å². The third-order valence-corrected chi connectivity index (χ3v) is 5.48. The Morgan fingerprint density at radius 2 is 1.58 bits per heavy atom. The van der Waals surface area contributed by atoms with Gasteiger partial charge in [0.25, 0.3) is 0 Å². The van der Waals surface area contributed by atoms with Crippen molar-refractivity contribution in [1.82, 2.24) is 5.16 Å². The van der Waals surface area contributed by atoms with Crippen LogP contribution in [-0.4, -0.2) is 28.9 Å². The van der Waals surface area contributed by atoms with E-state index < -0.39 is 23.7 Å². The SMILES string of the molecule is CCOC(=O)N(c1cccc(F)c1F)c1c(-c2ccc(-c3ccc(CC(=O)O)cc3)cc2)noc1C. The molecule has 3 aromatic carbocycles. The van der Waals surface area contributed by atoms with Crippen molar-refractivity contribution in [2.45, 2.75) is 20.3 Å². The number of aromatic nitrogens is 1. The summed E-state index contributed by atoms with van der Waals surface area (Å²) in [5.74, 6) is -3.02. The molecule has 0 saturated heterocycles. The van der Waals surface area contributed by atoms with E-state index in [0.717, 1.165) is 22.1 Å².